The molecule has 6 nitrogen and oxygen atoms in total. The lowest BCUT2D eigenvalue weighted by Gasteiger charge is -2.42. The van der Waals surface area contributed by atoms with Gasteiger partial charge in [0.1, 0.15) is 0 Å². The Labute approximate surface area is 212 Å². The summed E-state index contributed by atoms with van der Waals surface area (Å²) < 4.78 is 58.3. The van der Waals surface area contributed by atoms with Gasteiger partial charge in [0, 0.05) is 50.6 Å². The van der Waals surface area contributed by atoms with Gasteiger partial charge in [-0.1, -0.05) is 19.9 Å². The zero-order valence-corrected chi connectivity index (χ0v) is 21.1. The molecule has 0 radical (unpaired) electrons. The van der Waals surface area contributed by atoms with Crippen molar-refractivity contribution in [3.8, 4) is 0 Å². The largest absolute Gasteiger partial charge is 0.416 e. The molecule has 1 aromatic rings. The number of methoxy groups -OCH3 is 1. The molecule has 1 N–H and O–H groups in total. The molecule has 1 amide bonds. The van der Waals surface area contributed by atoms with Gasteiger partial charge < -0.3 is 24.6 Å². The van der Waals surface area contributed by atoms with E-state index in [2.05, 4.69) is 19.2 Å². The predicted octanol–water partition coefficient (Wildman–Crippen LogP) is 4.08. The number of halogens is 3. The molecule has 1 saturated carbocycles. The van der Waals surface area contributed by atoms with Crippen LogP contribution in [-0.2, 0) is 20.4 Å². The Balaban J connectivity index is 1.25. The van der Waals surface area contributed by atoms with Crippen LogP contribution < -0.4 is 10.2 Å². The van der Waals surface area contributed by atoms with Crippen molar-refractivity contribution >= 4 is 11.6 Å². The molecule has 4 aliphatic rings. The van der Waals surface area contributed by atoms with E-state index in [4.69, 9.17) is 10.8 Å². The fourth-order valence-corrected chi connectivity index (χ4v) is 6.93. The Kier molecular flexibility index (Phi) is 6.67. The van der Waals surface area contributed by atoms with Gasteiger partial charge in [0.15, 0.2) is 0 Å². The Morgan fingerprint density at radius 3 is 2.81 bits per heavy atom. The summed E-state index contributed by atoms with van der Waals surface area (Å²) in [6.45, 7) is 6.54. The number of hydrogen-bond acceptors (Lipinski definition) is 5. The lowest BCUT2D eigenvalue weighted by atomic mass is 9.74. The second-order valence-corrected chi connectivity index (χ2v) is 11.3. The summed E-state index contributed by atoms with van der Waals surface area (Å²) in [4.78, 5) is 18.2. The van der Waals surface area contributed by atoms with Crippen LogP contribution in [0.2, 0.25) is 0 Å². The number of fused-ring (bicyclic) bond motifs is 2. The number of carbonyl (C=O) groups is 1. The minimum absolute atomic E-state index is 0.0278. The van der Waals surface area contributed by atoms with Crippen molar-refractivity contribution in [2.45, 2.75) is 82.4 Å². The Hall–Kier alpha value is -1.84. The first-order valence-corrected chi connectivity index (χ1v) is 13.1. The fourth-order valence-electron chi connectivity index (χ4n) is 6.93. The molecule has 0 spiro atoms. The lowest BCUT2D eigenvalue weighted by Crippen LogP contribution is -2.55. The minimum atomic E-state index is -4.37. The Morgan fingerprint density at radius 1 is 1.28 bits per heavy atom. The fraction of sp³-hybridized carbons (Fsp3) is 0.741. The van der Waals surface area contributed by atoms with Crippen molar-refractivity contribution in [1.82, 2.24) is 10.2 Å². The van der Waals surface area contributed by atoms with Crippen LogP contribution in [0.5, 0.6) is 0 Å². The molecule has 36 heavy (non-hydrogen) atoms. The van der Waals surface area contributed by atoms with Crippen LogP contribution in [0.3, 0.4) is 0 Å². The van der Waals surface area contributed by atoms with Gasteiger partial charge in [0.25, 0.3) is 0 Å². The molecule has 0 aromatic heterocycles. The van der Waals surface area contributed by atoms with Crippen LogP contribution in [-0.4, -0.2) is 74.5 Å². The number of nitrogens with one attached hydrogen (secondary N) is 1. The number of benzene rings is 1. The molecule has 4 fully saturated rings. The molecule has 1 aromatic carbocycles. The number of alkyl halides is 3. The normalized spacial score (nSPS) is 35.1. The summed E-state index contributed by atoms with van der Waals surface area (Å²) in [6.07, 6.45) is -0.401. The lowest BCUT2D eigenvalue weighted by molar-refractivity contribution is -0.146. The van der Waals surface area contributed by atoms with E-state index in [9.17, 15) is 18.0 Å². The van der Waals surface area contributed by atoms with Crippen molar-refractivity contribution in [2.24, 2.45) is 11.3 Å². The molecular weight excluding hydrogens is 471 g/mol. The SMILES string of the molecule is [2H]CO[C@@H]1COCC[C@@H]1N[C@@H]1CC[C@@](C(=O)N2C[C@@H]3C[C@H]2CN3c2cccc(C(F)(F)F)c2)(C(C)C)C1. The zero-order valence-electron chi connectivity index (χ0n) is 22.1. The highest BCUT2D eigenvalue weighted by Crippen LogP contribution is 2.48. The number of rotatable bonds is 6. The average Bonchev–Trinajstić information content (AvgIpc) is 3.60. The van der Waals surface area contributed by atoms with E-state index in [0.717, 1.165) is 38.2 Å². The van der Waals surface area contributed by atoms with E-state index in [1.807, 2.05) is 9.80 Å². The van der Waals surface area contributed by atoms with Gasteiger partial charge in [-0.2, -0.15) is 13.2 Å². The molecule has 3 aliphatic heterocycles. The third kappa shape index (κ3) is 4.63. The van der Waals surface area contributed by atoms with Crippen molar-refractivity contribution < 1.29 is 28.8 Å². The zero-order chi connectivity index (χ0) is 26.4. The first-order chi connectivity index (χ1) is 17.6. The number of hydrogen-bond donors (Lipinski definition) is 1. The molecule has 1 aliphatic carbocycles. The highest BCUT2D eigenvalue weighted by Gasteiger charge is 2.54. The predicted molar refractivity (Wildman–Crippen MR) is 131 cm³/mol. The quantitative estimate of drug-likeness (QED) is 0.625. The van der Waals surface area contributed by atoms with E-state index in [0.29, 0.717) is 32.0 Å². The van der Waals surface area contributed by atoms with E-state index < -0.39 is 17.2 Å². The number of piperazine rings is 1. The third-order valence-electron chi connectivity index (χ3n) is 9.06. The molecule has 5 rings (SSSR count). The smallest absolute Gasteiger partial charge is 0.379 e. The van der Waals surface area contributed by atoms with Crippen LogP contribution in [0.4, 0.5) is 18.9 Å². The molecule has 3 saturated heterocycles. The number of nitrogens with zero attached hydrogens (tertiary/aromatic N) is 2. The van der Waals surface area contributed by atoms with Gasteiger partial charge in [0.05, 0.1) is 31.1 Å². The second kappa shape index (κ2) is 9.80. The first-order valence-electron chi connectivity index (χ1n) is 13.8. The minimum Gasteiger partial charge on any atom is -0.379 e. The molecule has 200 valence electrons. The summed E-state index contributed by atoms with van der Waals surface area (Å²) in [6, 6.07) is 5.92. The highest BCUT2D eigenvalue weighted by molar-refractivity contribution is 5.84. The maximum atomic E-state index is 14.1. The number of ether oxygens (including phenoxy) is 2. The van der Waals surface area contributed by atoms with Crippen molar-refractivity contribution in [3.63, 3.8) is 0 Å². The monoisotopic (exact) mass is 510 g/mol. The maximum absolute atomic E-state index is 14.1. The van der Waals surface area contributed by atoms with Gasteiger partial charge >= 0.3 is 6.18 Å². The van der Waals surface area contributed by atoms with Crippen molar-refractivity contribution in [3.05, 3.63) is 29.8 Å². The van der Waals surface area contributed by atoms with Crippen LogP contribution >= 0.6 is 0 Å². The van der Waals surface area contributed by atoms with Crippen LogP contribution in [0, 0.1) is 11.3 Å². The van der Waals surface area contributed by atoms with Crippen molar-refractivity contribution in [1.29, 1.82) is 0 Å². The van der Waals surface area contributed by atoms with Crippen LogP contribution in [0.1, 0.15) is 52.9 Å². The van der Waals surface area contributed by atoms with Gasteiger partial charge in [-0.05, 0) is 56.2 Å². The highest BCUT2D eigenvalue weighted by atomic mass is 19.4. The van der Waals surface area contributed by atoms with E-state index in [1.54, 1.807) is 6.07 Å². The van der Waals surface area contributed by atoms with E-state index in [1.165, 1.54) is 12.1 Å². The Morgan fingerprint density at radius 2 is 2.11 bits per heavy atom. The van der Waals surface area contributed by atoms with Gasteiger partial charge in [-0.25, -0.2) is 0 Å². The standard InChI is InChI=1S/C27H38F3N3O3/c1-17(2)26(9-7-19(13-26)31-23-8-10-36-16-24(23)35-3)25(34)33-15-21-12-22(33)14-32(21)20-6-4-5-18(11-20)27(28,29)30/h4-6,11,17,19,21-24,31H,7-10,12-16H2,1-3H3/t19-,21+,22+,23+,24-,26+/m1/s1/i3D. The van der Waals surface area contributed by atoms with Gasteiger partial charge in [-0.15, -0.1) is 0 Å². The number of amides is 1. The molecule has 9 heteroatoms. The number of anilines is 1. The summed E-state index contributed by atoms with van der Waals surface area (Å²) in [5.74, 6) is 0.384. The Bertz CT molecular complexity index is 978. The molecule has 0 unspecified atom stereocenters. The topological polar surface area (TPSA) is 54.0 Å². The molecule has 6 atom stereocenters. The van der Waals surface area contributed by atoms with Gasteiger partial charge in [-0.3, -0.25) is 4.79 Å². The van der Waals surface area contributed by atoms with Gasteiger partial charge in [0.2, 0.25) is 5.91 Å². The molecule has 2 bridgehead atoms. The van der Waals surface area contributed by atoms with Crippen molar-refractivity contribution in [2.75, 3.05) is 38.3 Å². The van der Waals surface area contributed by atoms with E-state index >= 15 is 0 Å². The number of likely N-dealkylation sites (tertiary alicyclic amines) is 1. The number of carbonyl (C=O) groups excluding carboxylic acids is 1. The summed E-state index contributed by atoms with van der Waals surface area (Å²) >= 11 is 0. The molecular formula is C27H38F3N3O3. The second-order valence-electron chi connectivity index (χ2n) is 11.3. The van der Waals surface area contributed by atoms with E-state index in [-0.39, 0.29) is 49.2 Å². The van der Waals surface area contributed by atoms with Crippen LogP contribution in [0.25, 0.3) is 0 Å². The third-order valence-corrected chi connectivity index (χ3v) is 9.06. The van der Waals surface area contributed by atoms with Crippen LogP contribution in [0.15, 0.2) is 24.3 Å². The molecule has 3 heterocycles. The average molecular weight is 511 g/mol. The first kappa shape index (κ1) is 24.5. The summed E-state index contributed by atoms with van der Waals surface area (Å²) in [5, 5.41) is 3.73. The maximum Gasteiger partial charge on any atom is 0.416 e. The summed E-state index contributed by atoms with van der Waals surface area (Å²) in [7, 11) is -0.0969. The summed E-state index contributed by atoms with van der Waals surface area (Å²) in [5.41, 5.74) is -0.497.